The number of aromatic nitrogens is 5. The quantitative estimate of drug-likeness (QED) is 0.229. The van der Waals surface area contributed by atoms with E-state index in [2.05, 4.69) is 20.4 Å². The van der Waals surface area contributed by atoms with E-state index in [1.54, 1.807) is 7.11 Å². The highest BCUT2D eigenvalue weighted by molar-refractivity contribution is 7.98. The Morgan fingerprint density at radius 2 is 1.67 bits per heavy atom. The third-order valence-electron chi connectivity index (χ3n) is 5.46. The molecule has 36 heavy (non-hydrogen) atoms. The normalized spacial score (nSPS) is 11.0. The lowest BCUT2D eigenvalue weighted by Gasteiger charge is -2.11. The predicted octanol–water partition coefficient (Wildman–Crippen LogP) is 5.99. The summed E-state index contributed by atoms with van der Waals surface area (Å²) < 4.78 is 18.9. The molecule has 0 atom stereocenters. The average Bonchev–Trinajstić information content (AvgIpc) is 3.56. The Hall–Kier alpha value is -4.11. The minimum Gasteiger partial charge on any atom is -0.497 e. The molecule has 9 heteroatoms. The predicted molar refractivity (Wildman–Crippen MR) is 139 cm³/mol. The molecule has 0 fully saturated rings. The van der Waals surface area contributed by atoms with Gasteiger partial charge in [-0.3, -0.25) is 4.57 Å². The SMILES string of the molecule is CCOc1ccc(-n2c(SCc3nnc(-c4ccc(C)cc4)o3)nnc2-c2cccc(OC)c2)cc1. The molecule has 3 aromatic carbocycles. The van der Waals surface area contributed by atoms with E-state index in [1.165, 1.54) is 17.3 Å². The van der Waals surface area contributed by atoms with Crippen LogP contribution in [0.15, 0.2) is 82.4 Å². The van der Waals surface area contributed by atoms with Crippen LogP contribution in [0.1, 0.15) is 18.4 Å². The summed E-state index contributed by atoms with van der Waals surface area (Å²) in [6.45, 7) is 4.61. The van der Waals surface area contributed by atoms with Crippen LogP contribution in [0.25, 0.3) is 28.5 Å². The van der Waals surface area contributed by atoms with Crippen molar-refractivity contribution in [3.8, 4) is 40.0 Å². The molecular weight excluding hydrogens is 474 g/mol. The van der Waals surface area contributed by atoms with Crippen LogP contribution < -0.4 is 9.47 Å². The first kappa shape index (κ1) is 23.6. The Balaban J connectivity index is 1.45. The summed E-state index contributed by atoms with van der Waals surface area (Å²) in [5.41, 5.74) is 3.87. The van der Waals surface area contributed by atoms with E-state index in [9.17, 15) is 0 Å². The fourth-order valence-corrected chi connectivity index (χ4v) is 4.44. The summed E-state index contributed by atoms with van der Waals surface area (Å²) in [4.78, 5) is 0. The Bertz CT molecular complexity index is 1450. The van der Waals surface area contributed by atoms with E-state index < -0.39 is 0 Å². The minimum absolute atomic E-state index is 0.451. The third kappa shape index (κ3) is 5.11. The van der Waals surface area contributed by atoms with E-state index in [4.69, 9.17) is 13.9 Å². The number of hydrogen-bond acceptors (Lipinski definition) is 8. The summed E-state index contributed by atoms with van der Waals surface area (Å²) in [7, 11) is 1.65. The summed E-state index contributed by atoms with van der Waals surface area (Å²) >= 11 is 1.48. The van der Waals surface area contributed by atoms with E-state index in [1.807, 2.05) is 91.2 Å². The van der Waals surface area contributed by atoms with Crippen LogP contribution in [-0.4, -0.2) is 38.7 Å². The number of rotatable bonds is 9. The van der Waals surface area contributed by atoms with Crippen LogP contribution in [-0.2, 0) is 5.75 Å². The maximum absolute atomic E-state index is 5.91. The molecule has 2 heterocycles. The van der Waals surface area contributed by atoms with Gasteiger partial charge in [0.25, 0.3) is 0 Å². The van der Waals surface area contributed by atoms with Gasteiger partial charge in [-0.15, -0.1) is 20.4 Å². The zero-order chi connectivity index (χ0) is 24.9. The first-order valence-electron chi connectivity index (χ1n) is 11.5. The van der Waals surface area contributed by atoms with Crippen LogP contribution in [0.5, 0.6) is 11.5 Å². The van der Waals surface area contributed by atoms with Gasteiger partial charge in [-0.1, -0.05) is 41.6 Å². The summed E-state index contributed by atoms with van der Waals surface area (Å²) in [6.07, 6.45) is 0. The van der Waals surface area contributed by atoms with Crippen molar-refractivity contribution in [3.05, 3.63) is 84.3 Å². The van der Waals surface area contributed by atoms with E-state index >= 15 is 0 Å². The lowest BCUT2D eigenvalue weighted by Crippen LogP contribution is -2.00. The Morgan fingerprint density at radius 1 is 0.861 bits per heavy atom. The van der Waals surface area contributed by atoms with E-state index in [-0.39, 0.29) is 0 Å². The molecule has 182 valence electrons. The number of ether oxygens (including phenoxy) is 2. The number of thioether (sulfide) groups is 1. The van der Waals surface area contributed by atoms with Gasteiger partial charge >= 0.3 is 0 Å². The van der Waals surface area contributed by atoms with Gasteiger partial charge in [-0.2, -0.15) is 0 Å². The lowest BCUT2D eigenvalue weighted by atomic mass is 10.1. The molecule has 0 saturated carbocycles. The van der Waals surface area contributed by atoms with Crippen LogP contribution in [0.2, 0.25) is 0 Å². The molecule has 0 aliphatic carbocycles. The first-order chi connectivity index (χ1) is 17.6. The topological polar surface area (TPSA) is 88.1 Å². The van der Waals surface area contributed by atoms with Crippen LogP contribution in [0, 0.1) is 6.92 Å². The van der Waals surface area contributed by atoms with Gasteiger partial charge in [0.2, 0.25) is 11.8 Å². The molecule has 2 aromatic heterocycles. The number of methoxy groups -OCH3 is 1. The van der Waals surface area contributed by atoms with Gasteiger partial charge in [0.05, 0.1) is 19.5 Å². The number of hydrogen-bond donors (Lipinski definition) is 0. The van der Waals surface area contributed by atoms with Crippen molar-refractivity contribution >= 4 is 11.8 Å². The van der Waals surface area contributed by atoms with Crippen LogP contribution in [0.4, 0.5) is 0 Å². The highest BCUT2D eigenvalue weighted by atomic mass is 32.2. The molecule has 0 saturated heterocycles. The second-order valence-electron chi connectivity index (χ2n) is 7.96. The largest absolute Gasteiger partial charge is 0.497 e. The van der Waals surface area contributed by atoms with Crippen molar-refractivity contribution in [2.45, 2.75) is 24.8 Å². The van der Waals surface area contributed by atoms with Gasteiger partial charge in [0.1, 0.15) is 11.5 Å². The molecule has 0 bridgehead atoms. The Labute approximate surface area is 213 Å². The van der Waals surface area contributed by atoms with Crippen LogP contribution in [0.3, 0.4) is 0 Å². The summed E-state index contributed by atoms with van der Waals surface area (Å²) in [5, 5.41) is 18.1. The third-order valence-corrected chi connectivity index (χ3v) is 6.37. The number of benzene rings is 3. The van der Waals surface area contributed by atoms with Gasteiger partial charge in [0, 0.05) is 16.8 Å². The van der Waals surface area contributed by atoms with Crippen molar-refractivity contribution in [2.75, 3.05) is 13.7 Å². The monoisotopic (exact) mass is 499 g/mol. The molecule has 0 amide bonds. The van der Waals surface area contributed by atoms with Crippen molar-refractivity contribution < 1.29 is 13.9 Å². The Morgan fingerprint density at radius 3 is 2.42 bits per heavy atom. The van der Waals surface area contributed by atoms with Gasteiger partial charge in [-0.25, -0.2) is 0 Å². The van der Waals surface area contributed by atoms with Gasteiger partial charge in [-0.05, 0) is 62.4 Å². The minimum atomic E-state index is 0.451. The summed E-state index contributed by atoms with van der Waals surface area (Å²) in [6, 6.07) is 23.6. The molecule has 0 aliphatic rings. The highest BCUT2D eigenvalue weighted by Gasteiger charge is 2.18. The highest BCUT2D eigenvalue weighted by Crippen LogP contribution is 2.32. The average molecular weight is 500 g/mol. The second kappa shape index (κ2) is 10.7. The van der Waals surface area contributed by atoms with E-state index in [0.29, 0.717) is 35.1 Å². The van der Waals surface area contributed by atoms with Crippen molar-refractivity contribution in [1.29, 1.82) is 0 Å². The van der Waals surface area contributed by atoms with Crippen molar-refractivity contribution in [2.24, 2.45) is 0 Å². The molecule has 5 rings (SSSR count). The standard InChI is InChI=1S/C27H25N5O3S/c1-4-34-22-14-12-21(13-15-22)32-25(20-6-5-7-23(16-20)33-3)29-31-27(32)36-17-24-28-30-26(35-24)19-10-8-18(2)9-11-19/h5-16H,4,17H2,1-3H3. The molecule has 0 aliphatic heterocycles. The maximum Gasteiger partial charge on any atom is 0.247 e. The number of nitrogens with zero attached hydrogens (tertiary/aromatic N) is 5. The fourth-order valence-electron chi connectivity index (χ4n) is 3.65. The molecule has 0 spiro atoms. The maximum atomic E-state index is 5.91. The second-order valence-corrected chi connectivity index (χ2v) is 8.90. The molecule has 0 N–H and O–H groups in total. The van der Waals surface area contributed by atoms with Crippen molar-refractivity contribution in [1.82, 2.24) is 25.0 Å². The molecule has 0 radical (unpaired) electrons. The molecule has 8 nitrogen and oxygen atoms in total. The zero-order valence-corrected chi connectivity index (χ0v) is 21.0. The lowest BCUT2D eigenvalue weighted by molar-refractivity contribution is 0.340. The number of aryl methyl sites for hydroxylation is 1. The Kier molecular flexibility index (Phi) is 6.99. The van der Waals surface area contributed by atoms with Gasteiger partial charge in [0.15, 0.2) is 11.0 Å². The molecule has 5 aromatic rings. The molecular formula is C27H25N5O3S. The molecule has 0 unspecified atom stereocenters. The van der Waals surface area contributed by atoms with E-state index in [0.717, 1.165) is 28.3 Å². The summed E-state index contributed by atoms with van der Waals surface area (Å²) in [5.74, 6) is 3.71. The van der Waals surface area contributed by atoms with Crippen molar-refractivity contribution in [3.63, 3.8) is 0 Å². The fraction of sp³-hybridized carbons (Fsp3) is 0.185. The zero-order valence-electron chi connectivity index (χ0n) is 20.2. The smallest absolute Gasteiger partial charge is 0.247 e. The van der Waals surface area contributed by atoms with Crippen LogP contribution >= 0.6 is 11.8 Å². The van der Waals surface area contributed by atoms with Gasteiger partial charge < -0.3 is 13.9 Å². The first-order valence-corrected chi connectivity index (χ1v) is 12.5.